The number of fused-ring (bicyclic) bond motifs is 1. The van der Waals surface area contributed by atoms with E-state index in [4.69, 9.17) is 9.26 Å². The molecular weight excluding hydrogens is 332 g/mol. The standard InChI is InChI=1S/C19H16N4O3/c1-3-16-22-19(26-23-16)14-10-13-15(21-18(14)24)8-9-20-17(13)11-4-6-12(25-2)7-5-11/h4-10H,3H2,1-2H3,(H,21,24). The minimum atomic E-state index is -0.282. The van der Waals surface area contributed by atoms with Crippen molar-refractivity contribution in [3.8, 4) is 28.5 Å². The monoisotopic (exact) mass is 348 g/mol. The summed E-state index contributed by atoms with van der Waals surface area (Å²) in [7, 11) is 1.62. The van der Waals surface area contributed by atoms with Crippen molar-refractivity contribution in [3.05, 3.63) is 58.8 Å². The zero-order valence-corrected chi connectivity index (χ0v) is 14.3. The molecule has 0 saturated heterocycles. The molecule has 130 valence electrons. The molecule has 7 heteroatoms. The van der Waals surface area contributed by atoms with Crippen LogP contribution in [0.5, 0.6) is 5.75 Å². The molecule has 0 bridgehead atoms. The van der Waals surface area contributed by atoms with Gasteiger partial charge >= 0.3 is 0 Å². The Hall–Kier alpha value is -3.48. The van der Waals surface area contributed by atoms with Crippen LogP contribution in [0.3, 0.4) is 0 Å². The third-order valence-corrected chi connectivity index (χ3v) is 4.15. The van der Waals surface area contributed by atoms with E-state index in [0.29, 0.717) is 23.3 Å². The molecule has 0 aliphatic carbocycles. The fourth-order valence-corrected chi connectivity index (χ4v) is 2.77. The summed E-state index contributed by atoms with van der Waals surface area (Å²) in [4.78, 5) is 24.1. The van der Waals surface area contributed by atoms with Crippen LogP contribution in [-0.4, -0.2) is 27.2 Å². The predicted octanol–water partition coefficient (Wildman–Crippen LogP) is 3.21. The Morgan fingerprint density at radius 2 is 2.00 bits per heavy atom. The Morgan fingerprint density at radius 3 is 2.69 bits per heavy atom. The fraction of sp³-hybridized carbons (Fsp3) is 0.158. The number of aromatic amines is 1. The van der Waals surface area contributed by atoms with Crippen LogP contribution in [0.1, 0.15) is 12.7 Å². The lowest BCUT2D eigenvalue weighted by Crippen LogP contribution is -2.09. The normalized spacial score (nSPS) is 11.0. The first-order valence-electron chi connectivity index (χ1n) is 8.19. The summed E-state index contributed by atoms with van der Waals surface area (Å²) < 4.78 is 10.4. The number of benzene rings is 1. The van der Waals surface area contributed by atoms with Gasteiger partial charge in [-0.1, -0.05) is 12.1 Å². The zero-order chi connectivity index (χ0) is 18.1. The van der Waals surface area contributed by atoms with E-state index < -0.39 is 0 Å². The van der Waals surface area contributed by atoms with Crippen molar-refractivity contribution < 1.29 is 9.26 Å². The molecule has 0 spiro atoms. The molecule has 1 N–H and O–H groups in total. The van der Waals surface area contributed by atoms with Crippen LogP contribution in [0.15, 0.2) is 51.9 Å². The smallest absolute Gasteiger partial charge is 0.263 e. The van der Waals surface area contributed by atoms with E-state index in [1.165, 1.54) is 0 Å². The fourth-order valence-electron chi connectivity index (χ4n) is 2.77. The van der Waals surface area contributed by atoms with Crippen molar-refractivity contribution in [2.75, 3.05) is 7.11 Å². The Morgan fingerprint density at radius 1 is 1.19 bits per heavy atom. The van der Waals surface area contributed by atoms with Gasteiger partial charge in [0.25, 0.3) is 11.4 Å². The molecule has 0 aliphatic rings. The maximum absolute atomic E-state index is 12.4. The molecule has 3 aromatic heterocycles. The van der Waals surface area contributed by atoms with Crippen molar-refractivity contribution in [3.63, 3.8) is 0 Å². The summed E-state index contributed by atoms with van der Waals surface area (Å²) in [5.74, 6) is 1.52. The van der Waals surface area contributed by atoms with E-state index >= 15 is 0 Å². The Balaban J connectivity index is 1.91. The van der Waals surface area contributed by atoms with Crippen LogP contribution in [-0.2, 0) is 6.42 Å². The number of aryl methyl sites for hydroxylation is 1. The molecule has 7 nitrogen and oxygen atoms in total. The quantitative estimate of drug-likeness (QED) is 0.608. The number of ether oxygens (including phenoxy) is 1. The number of nitrogens with zero attached hydrogens (tertiary/aromatic N) is 3. The number of hydrogen-bond donors (Lipinski definition) is 1. The second-order valence-corrected chi connectivity index (χ2v) is 5.73. The van der Waals surface area contributed by atoms with E-state index in [1.54, 1.807) is 25.4 Å². The summed E-state index contributed by atoms with van der Waals surface area (Å²) in [5, 5.41) is 4.66. The SMILES string of the molecule is CCc1noc(-c2cc3c(-c4ccc(OC)cc4)nccc3[nH]c2=O)n1. The lowest BCUT2D eigenvalue weighted by atomic mass is 10.0. The average Bonchev–Trinajstić information content (AvgIpc) is 3.16. The van der Waals surface area contributed by atoms with E-state index in [9.17, 15) is 4.79 Å². The molecule has 4 aromatic rings. The topological polar surface area (TPSA) is 93.9 Å². The molecule has 0 saturated carbocycles. The average molecular weight is 348 g/mol. The first kappa shape index (κ1) is 16.0. The highest BCUT2D eigenvalue weighted by Gasteiger charge is 2.15. The van der Waals surface area contributed by atoms with E-state index in [2.05, 4.69) is 20.1 Å². The largest absolute Gasteiger partial charge is 0.497 e. The van der Waals surface area contributed by atoms with E-state index in [1.807, 2.05) is 31.2 Å². The summed E-state index contributed by atoms with van der Waals surface area (Å²) in [6.45, 7) is 1.92. The zero-order valence-electron chi connectivity index (χ0n) is 14.3. The highest BCUT2D eigenvalue weighted by molar-refractivity contribution is 5.94. The van der Waals surface area contributed by atoms with Crippen molar-refractivity contribution in [2.45, 2.75) is 13.3 Å². The lowest BCUT2D eigenvalue weighted by molar-refractivity contribution is 0.415. The van der Waals surface area contributed by atoms with Crippen molar-refractivity contribution in [1.82, 2.24) is 20.1 Å². The van der Waals surface area contributed by atoms with Gasteiger partial charge in [-0.05, 0) is 36.4 Å². The Labute approximate surface area is 148 Å². The van der Waals surface area contributed by atoms with Crippen LogP contribution in [0.4, 0.5) is 0 Å². The minimum Gasteiger partial charge on any atom is -0.497 e. The third-order valence-electron chi connectivity index (χ3n) is 4.15. The number of methoxy groups -OCH3 is 1. The maximum atomic E-state index is 12.4. The predicted molar refractivity (Wildman–Crippen MR) is 97.0 cm³/mol. The van der Waals surface area contributed by atoms with Gasteiger partial charge in [0.05, 0.1) is 18.3 Å². The number of hydrogen-bond acceptors (Lipinski definition) is 6. The number of aromatic nitrogens is 4. The van der Waals surface area contributed by atoms with Crippen LogP contribution in [0, 0.1) is 0 Å². The maximum Gasteiger partial charge on any atom is 0.263 e. The second-order valence-electron chi connectivity index (χ2n) is 5.73. The summed E-state index contributed by atoms with van der Waals surface area (Å²) in [6.07, 6.45) is 2.30. The summed E-state index contributed by atoms with van der Waals surface area (Å²) in [5.41, 5.74) is 2.39. The van der Waals surface area contributed by atoms with Gasteiger partial charge < -0.3 is 14.2 Å². The van der Waals surface area contributed by atoms with Crippen molar-refractivity contribution in [1.29, 1.82) is 0 Å². The minimum absolute atomic E-state index is 0.203. The van der Waals surface area contributed by atoms with Crippen LogP contribution < -0.4 is 10.3 Å². The highest BCUT2D eigenvalue weighted by Crippen LogP contribution is 2.28. The van der Waals surface area contributed by atoms with E-state index in [-0.39, 0.29) is 11.4 Å². The Bertz CT molecular complexity index is 1130. The van der Waals surface area contributed by atoms with E-state index in [0.717, 1.165) is 22.4 Å². The molecule has 3 heterocycles. The first-order chi connectivity index (χ1) is 12.7. The Kier molecular flexibility index (Phi) is 3.96. The van der Waals surface area contributed by atoms with Crippen molar-refractivity contribution in [2.24, 2.45) is 0 Å². The molecule has 1 aromatic carbocycles. The van der Waals surface area contributed by atoms with Gasteiger partial charge in [-0.15, -0.1) is 0 Å². The van der Waals surface area contributed by atoms with Crippen LogP contribution in [0.25, 0.3) is 33.6 Å². The molecule has 0 fully saturated rings. The van der Waals surface area contributed by atoms with Gasteiger partial charge in [-0.25, -0.2) is 0 Å². The molecule has 0 atom stereocenters. The van der Waals surface area contributed by atoms with Crippen molar-refractivity contribution >= 4 is 10.9 Å². The summed E-state index contributed by atoms with van der Waals surface area (Å²) >= 11 is 0. The van der Waals surface area contributed by atoms with Crippen LogP contribution >= 0.6 is 0 Å². The first-order valence-corrected chi connectivity index (χ1v) is 8.19. The highest BCUT2D eigenvalue weighted by atomic mass is 16.5. The van der Waals surface area contributed by atoms with Crippen LogP contribution in [0.2, 0.25) is 0 Å². The molecule has 0 unspecified atom stereocenters. The van der Waals surface area contributed by atoms with Gasteiger partial charge in [0, 0.05) is 23.6 Å². The van der Waals surface area contributed by atoms with Gasteiger partial charge in [0.1, 0.15) is 11.3 Å². The number of pyridine rings is 2. The molecule has 0 aliphatic heterocycles. The molecular formula is C19H16N4O3. The van der Waals surface area contributed by atoms with Gasteiger partial charge in [0.2, 0.25) is 0 Å². The summed E-state index contributed by atoms with van der Waals surface area (Å²) in [6, 6.07) is 11.1. The number of nitrogens with one attached hydrogen (secondary N) is 1. The molecule has 26 heavy (non-hydrogen) atoms. The molecule has 0 radical (unpaired) electrons. The van der Waals surface area contributed by atoms with Gasteiger partial charge in [-0.3, -0.25) is 9.78 Å². The lowest BCUT2D eigenvalue weighted by Gasteiger charge is -2.07. The number of rotatable bonds is 4. The number of H-pyrrole nitrogens is 1. The molecule has 4 rings (SSSR count). The van der Waals surface area contributed by atoms with Gasteiger partial charge in [0.15, 0.2) is 5.82 Å². The van der Waals surface area contributed by atoms with Gasteiger partial charge in [-0.2, -0.15) is 4.98 Å². The second kappa shape index (κ2) is 6.44. The third kappa shape index (κ3) is 2.73. The molecule has 0 amide bonds.